The molecule has 0 spiro atoms. The highest BCUT2D eigenvalue weighted by molar-refractivity contribution is 9.10. The van der Waals surface area contributed by atoms with E-state index in [4.69, 9.17) is 0 Å². The van der Waals surface area contributed by atoms with Crippen molar-refractivity contribution in [3.05, 3.63) is 34.1 Å². The van der Waals surface area contributed by atoms with E-state index in [2.05, 4.69) is 40.0 Å². The van der Waals surface area contributed by atoms with Gasteiger partial charge < -0.3 is 5.32 Å². The van der Waals surface area contributed by atoms with Crippen molar-refractivity contribution in [1.29, 1.82) is 0 Å². The van der Waals surface area contributed by atoms with Crippen LogP contribution in [-0.2, 0) is 0 Å². The Bertz CT molecular complexity index is 436. The van der Waals surface area contributed by atoms with Gasteiger partial charge in [0.1, 0.15) is 5.82 Å². The van der Waals surface area contributed by atoms with Crippen LogP contribution >= 0.6 is 15.9 Å². The molecule has 19 heavy (non-hydrogen) atoms. The molecule has 0 aliphatic carbocycles. The zero-order valence-electron chi connectivity index (χ0n) is 11.8. The highest BCUT2D eigenvalue weighted by Gasteiger charge is 2.37. The summed E-state index contributed by atoms with van der Waals surface area (Å²) in [5, 5.41) is 3.24. The van der Waals surface area contributed by atoms with Crippen molar-refractivity contribution in [3.8, 4) is 0 Å². The van der Waals surface area contributed by atoms with E-state index in [0.29, 0.717) is 12.0 Å². The van der Waals surface area contributed by atoms with Crippen molar-refractivity contribution in [2.24, 2.45) is 5.92 Å². The molecule has 1 heterocycles. The molecular formula is C15H22BrFN2. The summed E-state index contributed by atoms with van der Waals surface area (Å²) in [6.45, 7) is 6.34. The Labute approximate surface area is 123 Å². The van der Waals surface area contributed by atoms with Crippen molar-refractivity contribution in [2.45, 2.75) is 32.4 Å². The van der Waals surface area contributed by atoms with E-state index in [1.807, 2.05) is 13.1 Å². The molecule has 0 amide bonds. The lowest BCUT2D eigenvalue weighted by Crippen LogP contribution is -2.34. The van der Waals surface area contributed by atoms with E-state index in [0.717, 1.165) is 29.5 Å². The van der Waals surface area contributed by atoms with Gasteiger partial charge in [-0.25, -0.2) is 4.39 Å². The standard InChI is InChI=1S/C15H22BrFN2/c1-10(2)19-7-6-11(9-18-3)15(19)13-8-12(16)4-5-14(13)17/h4-5,8,10-11,15,18H,6-7,9H2,1-3H3. The summed E-state index contributed by atoms with van der Waals surface area (Å²) in [5.41, 5.74) is 0.820. The highest BCUT2D eigenvalue weighted by Crippen LogP contribution is 2.40. The summed E-state index contributed by atoms with van der Waals surface area (Å²) < 4.78 is 15.2. The van der Waals surface area contributed by atoms with Crippen LogP contribution in [0.3, 0.4) is 0 Å². The highest BCUT2D eigenvalue weighted by atomic mass is 79.9. The van der Waals surface area contributed by atoms with Crippen molar-refractivity contribution in [1.82, 2.24) is 10.2 Å². The van der Waals surface area contributed by atoms with Crippen molar-refractivity contribution < 1.29 is 4.39 Å². The van der Waals surface area contributed by atoms with Gasteiger partial charge in [-0.15, -0.1) is 0 Å². The molecule has 1 N–H and O–H groups in total. The summed E-state index contributed by atoms with van der Waals surface area (Å²) in [5.74, 6) is 0.373. The molecule has 2 rings (SSSR count). The van der Waals surface area contributed by atoms with Gasteiger partial charge in [0.05, 0.1) is 0 Å². The fraction of sp³-hybridized carbons (Fsp3) is 0.600. The summed E-state index contributed by atoms with van der Waals surface area (Å²) in [6.07, 6.45) is 1.12. The quantitative estimate of drug-likeness (QED) is 0.908. The Morgan fingerprint density at radius 1 is 1.47 bits per heavy atom. The molecule has 4 heteroatoms. The van der Waals surface area contributed by atoms with E-state index in [1.54, 1.807) is 12.1 Å². The van der Waals surface area contributed by atoms with Gasteiger partial charge in [0.25, 0.3) is 0 Å². The summed E-state index contributed by atoms with van der Waals surface area (Å²) in [7, 11) is 1.96. The largest absolute Gasteiger partial charge is 0.319 e. The molecule has 106 valence electrons. The van der Waals surface area contributed by atoms with Crippen LogP contribution in [0.1, 0.15) is 31.9 Å². The van der Waals surface area contributed by atoms with Gasteiger partial charge in [0, 0.05) is 22.1 Å². The van der Waals surface area contributed by atoms with Crippen LogP contribution in [0.15, 0.2) is 22.7 Å². The third-order valence-corrected chi connectivity index (χ3v) is 4.46. The molecule has 1 aliphatic heterocycles. The second-order valence-corrected chi connectivity index (χ2v) is 6.46. The average molecular weight is 329 g/mol. The van der Waals surface area contributed by atoms with Gasteiger partial charge in [-0.1, -0.05) is 15.9 Å². The van der Waals surface area contributed by atoms with Crippen LogP contribution in [0, 0.1) is 11.7 Å². The van der Waals surface area contributed by atoms with Gasteiger partial charge >= 0.3 is 0 Å². The second kappa shape index (κ2) is 6.33. The summed E-state index contributed by atoms with van der Waals surface area (Å²) >= 11 is 3.46. The normalized spacial score (nSPS) is 24.3. The first-order valence-corrected chi connectivity index (χ1v) is 7.69. The predicted octanol–water partition coefficient (Wildman–Crippen LogP) is 3.58. The molecule has 1 saturated heterocycles. The van der Waals surface area contributed by atoms with Crippen LogP contribution in [0.2, 0.25) is 0 Å². The minimum Gasteiger partial charge on any atom is -0.319 e. The fourth-order valence-corrected chi connectivity index (χ4v) is 3.49. The molecule has 2 unspecified atom stereocenters. The number of rotatable bonds is 4. The molecule has 0 bridgehead atoms. The molecule has 0 saturated carbocycles. The maximum absolute atomic E-state index is 14.2. The van der Waals surface area contributed by atoms with Gasteiger partial charge in [-0.3, -0.25) is 4.90 Å². The minimum atomic E-state index is -0.0955. The monoisotopic (exact) mass is 328 g/mol. The molecule has 0 radical (unpaired) electrons. The van der Waals surface area contributed by atoms with E-state index < -0.39 is 0 Å². The van der Waals surface area contributed by atoms with Crippen molar-refractivity contribution >= 4 is 15.9 Å². The lowest BCUT2D eigenvalue weighted by Gasteiger charge is -2.32. The molecule has 1 aromatic rings. The zero-order chi connectivity index (χ0) is 14.0. The van der Waals surface area contributed by atoms with Gasteiger partial charge in [-0.05, 0) is 64.5 Å². The number of hydrogen-bond donors (Lipinski definition) is 1. The minimum absolute atomic E-state index is 0.0955. The van der Waals surface area contributed by atoms with Gasteiger partial charge in [0.2, 0.25) is 0 Å². The molecule has 1 fully saturated rings. The number of benzene rings is 1. The fourth-order valence-electron chi connectivity index (χ4n) is 3.11. The molecule has 0 aromatic heterocycles. The van der Waals surface area contributed by atoms with Crippen LogP contribution in [-0.4, -0.2) is 31.1 Å². The SMILES string of the molecule is CNCC1CCN(C(C)C)C1c1cc(Br)ccc1F. The van der Waals surface area contributed by atoms with Crippen molar-refractivity contribution in [3.63, 3.8) is 0 Å². The second-order valence-electron chi connectivity index (χ2n) is 5.55. The van der Waals surface area contributed by atoms with Crippen LogP contribution < -0.4 is 5.32 Å². The smallest absolute Gasteiger partial charge is 0.128 e. The number of nitrogens with one attached hydrogen (secondary N) is 1. The zero-order valence-corrected chi connectivity index (χ0v) is 13.4. The first-order valence-electron chi connectivity index (χ1n) is 6.90. The maximum Gasteiger partial charge on any atom is 0.128 e. The first kappa shape index (κ1) is 14.9. The van der Waals surface area contributed by atoms with Crippen LogP contribution in [0.25, 0.3) is 0 Å². The predicted molar refractivity (Wildman–Crippen MR) is 80.7 cm³/mol. The third-order valence-electron chi connectivity index (χ3n) is 3.97. The Morgan fingerprint density at radius 2 is 2.21 bits per heavy atom. The van der Waals surface area contributed by atoms with E-state index >= 15 is 0 Å². The lowest BCUT2D eigenvalue weighted by atomic mass is 9.93. The molecule has 2 nitrogen and oxygen atoms in total. The lowest BCUT2D eigenvalue weighted by molar-refractivity contribution is 0.179. The molecule has 2 atom stereocenters. The topological polar surface area (TPSA) is 15.3 Å². The van der Waals surface area contributed by atoms with Crippen LogP contribution in [0.4, 0.5) is 4.39 Å². The molecule has 1 aromatic carbocycles. The summed E-state index contributed by atoms with van der Waals surface area (Å²) in [4.78, 5) is 2.41. The number of nitrogens with zero attached hydrogens (tertiary/aromatic N) is 1. The Morgan fingerprint density at radius 3 is 2.84 bits per heavy atom. The number of halogens is 2. The van der Waals surface area contributed by atoms with E-state index in [1.165, 1.54) is 0 Å². The van der Waals surface area contributed by atoms with Gasteiger partial charge in [0.15, 0.2) is 0 Å². The Hall–Kier alpha value is -0.450. The maximum atomic E-state index is 14.2. The van der Waals surface area contributed by atoms with E-state index in [-0.39, 0.29) is 11.9 Å². The molecular weight excluding hydrogens is 307 g/mol. The number of likely N-dealkylation sites (tertiary alicyclic amines) is 1. The Kier molecular flexibility index (Phi) is 4.98. The van der Waals surface area contributed by atoms with Crippen molar-refractivity contribution in [2.75, 3.05) is 20.1 Å². The Balaban J connectivity index is 2.37. The summed E-state index contributed by atoms with van der Waals surface area (Å²) in [6, 6.07) is 5.87. The molecule has 1 aliphatic rings. The van der Waals surface area contributed by atoms with Gasteiger partial charge in [-0.2, -0.15) is 0 Å². The first-order chi connectivity index (χ1) is 9.04. The number of hydrogen-bond acceptors (Lipinski definition) is 2. The van der Waals surface area contributed by atoms with E-state index in [9.17, 15) is 4.39 Å². The third kappa shape index (κ3) is 3.18. The van der Waals surface area contributed by atoms with Crippen LogP contribution in [0.5, 0.6) is 0 Å². The average Bonchev–Trinajstić information content (AvgIpc) is 2.76.